The van der Waals surface area contributed by atoms with Crippen LogP contribution in [0.2, 0.25) is 0 Å². The van der Waals surface area contributed by atoms with Crippen molar-refractivity contribution in [1.82, 2.24) is 4.98 Å². The molecule has 2 aromatic carbocycles. The van der Waals surface area contributed by atoms with E-state index in [1.54, 1.807) is 31.4 Å². The van der Waals surface area contributed by atoms with Gasteiger partial charge >= 0.3 is 0 Å². The molecule has 2 N–H and O–H groups in total. The monoisotopic (exact) mass is 357 g/mol. The summed E-state index contributed by atoms with van der Waals surface area (Å²) in [4.78, 5) is 16.5. The van der Waals surface area contributed by atoms with Gasteiger partial charge in [0.1, 0.15) is 11.6 Å². The van der Waals surface area contributed by atoms with Crippen LogP contribution in [0.1, 0.15) is 5.69 Å². The quantitative estimate of drug-likeness (QED) is 0.693. The van der Waals surface area contributed by atoms with E-state index < -0.39 is 0 Å². The number of carbonyl (C=O) groups is 1. The highest BCUT2D eigenvalue weighted by Crippen LogP contribution is 2.22. The molecule has 0 radical (unpaired) electrons. The van der Waals surface area contributed by atoms with Crippen LogP contribution >= 0.6 is 11.3 Å². The third-order valence-electron chi connectivity index (χ3n) is 3.34. The Kier molecular flexibility index (Phi) is 5.25. The number of halogens is 1. The molecule has 0 saturated carbocycles. The normalized spacial score (nSPS) is 10.3. The van der Waals surface area contributed by atoms with Crippen LogP contribution in [-0.2, 0) is 11.2 Å². The van der Waals surface area contributed by atoms with Crippen LogP contribution in [-0.4, -0.2) is 18.0 Å². The predicted molar refractivity (Wildman–Crippen MR) is 97.1 cm³/mol. The maximum absolute atomic E-state index is 12.9. The average Bonchev–Trinajstić information content (AvgIpc) is 3.04. The van der Waals surface area contributed by atoms with E-state index in [0.717, 1.165) is 5.69 Å². The van der Waals surface area contributed by atoms with Crippen LogP contribution in [0.15, 0.2) is 53.9 Å². The summed E-state index contributed by atoms with van der Waals surface area (Å²) < 4.78 is 18.0. The zero-order chi connectivity index (χ0) is 17.6. The van der Waals surface area contributed by atoms with Gasteiger partial charge in [-0.25, -0.2) is 9.37 Å². The second-order valence-electron chi connectivity index (χ2n) is 5.23. The van der Waals surface area contributed by atoms with Gasteiger partial charge in [-0.3, -0.25) is 4.79 Å². The number of methoxy groups -OCH3 is 1. The molecule has 0 aliphatic carbocycles. The fourth-order valence-corrected chi connectivity index (χ4v) is 2.90. The number of nitrogens with one attached hydrogen (secondary N) is 2. The van der Waals surface area contributed by atoms with Gasteiger partial charge in [0.25, 0.3) is 0 Å². The number of anilines is 3. The molecule has 25 heavy (non-hydrogen) atoms. The van der Waals surface area contributed by atoms with Gasteiger partial charge in [-0.2, -0.15) is 0 Å². The molecule has 0 aliphatic heterocycles. The molecule has 1 aromatic heterocycles. The van der Waals surface area contributed by atoms with E-state index >= 15 is 0 Å². The van der Waals surface area contributed by atoms with Crippen LogP contribution < -0.4 is 15.4 Å². The first-order valence-electron chi connectivity index (χ1n) is 7.53. The Bertz CT molecular complexity index is 865. The minimum Gasteiger partial charge on any atom is -0.497 e. The van der Waals surface area contributed by atoms with E-state index in [1.165, 1.54) is 23.5 Å². The van der Waals surface area contributed by atoms with Crippen LogP contribution in [0.5, 0.6) is 5.75 Å². The van der Waals surface area contributed by atoms with Crippen molar-refractivity contribution in [2.45, 2.75) is 6.42 Å². The molecule has 0 spiro atoms. The summed E-state index contributed by atoms with van der Waals surface area (Å²) in [6, 6.07) is 13.2. The minimum atomic E-state index is -0.292. The number of nitrogens with zero attached hydrogens (tertiary/aromatic N) is 1. The van der Waals surface area contributed by atoms with Gasteiger partial charge in [0.05, 0.1) is 19.2 Å². The Morgan fingerprint density at radius 2 is 2.00 bits per heavy atom. The lowest BCUT2D eigenvalue weighted by atomic mass is 10.2. The van der Waals surface area contributed by atoms with Crippen molar-refractivity contribution >= 4 is 33.8 Å². The van der Waals surface area contributed by atoms with Gasteiger partial charge in [0, 0.05) is 22.8 Å². The van der Waals surface area contributed by atoms with E-state index in [-0.39, 0.29) is 18.1 Å². The molecular weight excluding hydrogens is 341 g/mol. The van der Waals surface area contributed by atoms with Crippen molar-refractivity contribution in [3.63, 3.8) is 0 Å². The first kappa shape index (κ1) is 16.9. The zero-order valence-corrected chi connectivity index (χ0v) is 14.3. The van der Waals surface area contributed by atoms with Crippen LogP contribution in [0, 0.1) is 5.82 Å². The summed E-state index contributed by atoms with van der Waals surface area (Å²) in [6.07, 6.45) is 0.165. The second kappa shape index (κ2) is 7.76. The number of ether oxygens (including phenoxy) is 1. The molecule has 0 aliphatic rings. The summed E-state index contributed by atoms with van der Waals surface area (Å²) in [6.45, 7) is 0. The van der Waals surface area contributed by atoms with Crippen molar-refractivity contribution < 1.29 is 13.9 Å². The Labute approximate surface area is 148 Å². The first-order valence-corrected chi connectivity index (χ1v) is 8.41. The molecule has 3 rings (SSSR count). The van der Waals surface area contributed by atoms with Crippen molar-refractivity contribution in [2.24, 2.45) is 0 Å². The minimum absolute atomic E-state index is 0.160. The van der Waals surface area contributed by atoms with E-state index in [1.807, 2.05) is 17.5 Å². The third kappa shape index (κ3) is 4.77. The largest absolute Gasteiger partial charge is 0.497 e. The van der Waals surface area contributed by atoms with E-state index in [0.29, 0.717) is 22.3 Å². The standard InChI is InChI=1S/C18H16FN3O2S/c1-24-16-4-2-3-14(9-16)20-17(23)10-15-11-25-18(22-15)21-13-7-5-12(19)6-8-13/h2-9,11H,10H2,1H3,(H,20,23)(H,21,22). The molecule has 0 saturated heterocycles. The maximum atomic E-state index is 12.9. The van der Waals surface area contributed by atoms with Gasteiger partial charge in [-0.15, -0.1) is 11.3 Å². The average molecular weight is 357 g/mol. The van der Waals surface area contributed by atoms with Crippen molar-refractivity contribution in [3.8, 4) is 5.75 Å². The molecule has 128 valence electrons. The SMILES string of the molecule is COc1cccc(NC(=O)Cc2csc(Nc3ccc(F)cc3)n2)c1. The Hall–Kier alpha value is -2.93. The van der Waals surface area contributed by atoms with Gasteiger partial charge in [0.15, 0.2) is 5.13 Å². The zero-order valence-electron chi connectivity index (χ0n) is 13.5. The lowest BCUT2D eigenvalue weighted by Gasteiger charge is -2.06. The maximum Gasteiger partial charge on any atom is 0.230 e. The van der Waals surface area contributed by atoms with E-state index in [4.69, 9.17) is 4.74 Å². The number of thiazole rings is 1. The molecule has 0 bridgehead atoms. The summed E-state index contributed by atoms with van der Waals surface area (Å²) in [5.74, 6) is 0.226. The lowest BCUT2D eigenvalue weighted by molar-refractivity contribution is -0.115. The van der Waals surface area contributed by atoms with Crippen LogP contribution in [0.3, 0.4) is 0 Å². The highest BCUT2D eigenvalue weighted by molar-refractivity contribution is 7.13. The topological polar surface area (TPSA) is 63.2 Å². The van der Waals surface area contributed by atoms with Gasteiger partial charge in [0.2, 0.25) is 5.91 Å². The number of rotatable bonds is 6. The molecule has 1 heterocycles. The van der Waals surface area contributed by atoms with Gasteiger partial charge < -0.3 is 15.4 Å². The Balaban J connectivity index is 1.58. The number of carbonyl (C=O) groups excluding carboxylic acids is 1. The van der Waals surface area contributed by atoms with E-state index in [9.17, 15) is 9.18 Å². The first-order chi connectivity index (χ1) is 12.1. The molecule has 0 unspecified atom stereocenters. The molecule has 0 fully saturated rings. The molecule has 5 nitrogen and oxygen atoms in total. The smallest absolute Gasteiger partial charge is 0.230 e. The number of hydrogen-bond donors (Lipinski definition) is 2. The van der Waals surface area contributed by atoms with Crippen molar-refractivity contribution in [3.05, 3.63) is 65.4 Å². The molecule has 3 aromatic rings. The van der Waals surface area contributed by atoms with Crippen molar-refractivity contribution in [2.75, 3.05) is 17.7 Å². The number of hydrogen-bond acceptors (Lipinski definition) is 5. The van der Waals surface area contributed by atoms with Crippen molar-refractivity contribution in [1.29, 1.82) is 0 Å². The fraction of sp³-hybridized carbons (Fsp3) is 0.111. The molecular formula is C18H16FN3O2S. The molecule has 0 atom stereocenters. The van der Waals surface area contributed by atoms with Crippen LogP contribution in [0.4, 0.5) is 20.9 Å². The number of amides is 1. The number of benzene rings is 2. The van der Waals surface area contributed by atoms with Gasteiger partial charge in [-0.1, -0.05) is 6.07 Å². The second-order valence-corrected chi connectivity index (χ2v) is 6.09. The highest BCUT2D eigenvalue weighted by atomic mass is 32.1. The summed E-state index contributed by atoms with van der Waals surface area (Å²) in [5, 5.41) is 8.36. The summed E-state index contributed by atoms with van der Waals surface area (Å²) >= 11 is 1.39. The summed E-state index contributed by atoms with van der Waals surface area (Å²) in [7, 11) is 1.58. The Morgan fingerprint density at radius 1 is 1.20 bits per heavy atom. The van der Waals surface area contributed by atoms with E-state index in [2.05, 4.69) is 15.6 Å². The third-order valence-corrected chi connectivity index (χ3v) is 4.15. The fourth-order valence-electron chi connectivity index (χ4n) is 2.17. The molecule has 1 amide bonds. The summed E-state index contributed by atoms with van der Waals surface area (Å²) in [5.41, 5.74) is 2.07. The van der Waals surface area contributed by atoms with Gasteiger partial charge in [-0.05, 0) is 36.4 Å². The predicted octanol–water partition coefficient (Wildman–Crippen LogP) is 4.22. The highest BCUT2D eigenvalue weighted by Gasteiger charge is 2.09. The van der Waals surface area contributed by atoms with Crippen LogP contribution in [0.25, 0.3) is 0 Å². The lowest BCUT2D eigenvalue weighted by Crippen LogP contribution is -2.14. The number of aromatic nitrogens is 1. The Morgan fingerprint density at radius 3 is 2.76 bits per heavy atom. The molecule has 7 heteroatoms.